The van der Waals surface area contributed by atoms with Crippen LogP contribution in [-0.2, 0) is 4.74 Å². The minimum atomic E-state index is -0.505. The standard InChI is InChI=1S/C14H12ClNO3/c15-13-6-7-16-10-12(13)14(17)19-9-8-18-11-4-2-1-3-5-11/h1-7,10H,8-9H2. The summed E-state index contributed by atoms with van der Waals surface area (Å²) in [6.07, 6.45) is 2.89. The summed E-state index contributed by atoms with van der Waals surface area (Å²) < 4.78 is 10.4. The highest BCUT2D eigenvalue weighted by atomic mass is 35.5. The number of benzene rings is 1. The molecule has 0 aliphatic carbocycles. The molecule has 0 unspecified atom stereocenters. The highest BCUT2D eigenvalue weighted by Crippen LogP contribution is 2.14. The molecule has 0 atom stereocenters. The first kappa shape index (κ1) is 13.4. The average molecular weight is 278 g/mol. The van der Waals surface area contributed by atoms with Crippen molar-refractivity contribution in [3.05, 3.63) is 59.4 Å². The molecule has 98 valence electrons. The molecule has 2 rings (SSSR count). The van der Waals surface area contributed by atoms with Gasteiger partial charge in [0, 0.05) is 12.4 Å². The molecule has 0 radical (unpaired) electrons. The summed E-state index contributed by atoms with van der Waals surface area (Å²) in [5.74, 6) is 0.229. The fourth-order valence-corrected chi connectivity index (χ4v) is 1.60. The molecule has 0 N–H and O–H groups in total. The smallest absolute Gasteiger partial charge is 0.341 e. The predicted molar refractivity (Wildman–Crippen MR) is 71.5 cm³/mol. The molecule has 4 nitrogen and oxygen atoms in total. The molecule has 0 saturated carbocycles. The Morgan fingerprint density at radius 3 is 2.68 bits per heavy atom. The van der Waals surface area contributed by atoms with Crippen molar-refractivity contribution >= 4 is 17.6 Å². The van der Waals surface area contributed by atoms with Crippen LogP contribution in [0.15, 0.2) is 48.8 Å². The number of carbonyl (C=O) groups excluding carboxylic acids is 1. The third-order valence-corrected chi connectivity index (χ3v) is 2.65. The van der Waals surface area contributed by atoms with E-state index >= 15 is 0 Å². The number of rotatable bonds is 5. The van der Waals surface area contributed by atoms with E-state index in [0.717, 1.165) is 5.75 Å². The lowest BCUT2D eigenvalue weighted by atomic mass is 10.3. The molecule has 19 heavy (non-hydrogen) atoms. The van der Waals surface area contributed by atoms with Gasteiger partial charge in [-0.2, -0.15) is 0 Å². The Balaban J connectivity index is 1.77. The van der Waals surface area contributed by atoms with Crippen LogP contribution in [0.2, 0.25) is 5.02 Å². The molecule has 0 aliphatic rings. The molecule has 1 aromatic carbocycles. The quantitative estimate of drug-likeness (QED) is 0.623. The zero-order chi connectivity index (χ0) is 13.5. The van der Waals surface area contributed by atoms with Gasteiger partial charge in [0.1, 0.15) is 19.0 Å². The van der Waals surface area contributed by atoms with E-state index < -0.39 is 5.97 Å². The van der Waals surface area contributed by atoms with Crippen LogP contribution >= 0.6 is 11.6 Å². The van der Waals surface area contributed by atoms with Crippen LogP contribution in [-0.4, -0.2) is 24.2 Å². The molecule has 2 aromatic rings. The second-order valence-electron chi connectivity index (χ2n) is 3.65. The first-order valence-corrected chi connectivity index (χ1v) is 6.09. The summed E-state index contributed by atoms with van der Waals surface area (Å²) in [6.45, 7) is 0.437. The van der Waals surface area contributed by atoms with Crippen LogP contribution in [0.5, 0.6) is 5.75 Å². The van der Waals surface area contributed by atoms with E-state index in [0.29, 0.717) is 5.02 Å². The van der Waals surface area contributed by atoms with Gasteiger partial charge in [0.25, 0.3) is 0 Å². The summed E-state index contributed by atoms with van der Waals surface area (Å²) in [7, 11) is 0. The molecule has 0 bridgehead atoms. The Morgan fingerprint density at radius 2 is 1.95 bits per heavy atom. The zero-order valence-corrected chi connectivity index (χ0v) is 10.8. The van der Waals surface area contributed by atoms with Crippen molar-refractivity contribution in [2.24, 2.45) is 0 Å². The van der Waals surface area contributed by atoms with Gasteiger partial charge in [-0.15, -0.1) is 0 Å². The Kier molecular flexibility index (Phi) is 4.75. The number of hydrogen-bond donors (Lipinski definition) is 0. The van der Waals surface area contributed by atoms with Gasteiger partial charge in [-0.1, -0.05) is 29.8 Å². The number of para-hydroxylation sites is 1. The van der Waals surface area contributed by atoms with Gasteiger partial charge in [-0.25, -0.2) is 4.79 Å². The average Bonchev–Trinajstić information content (AvgIpc) is 2.45. The molecule has 0 fully saturated rings. The number of ether oxygens (including phenoxy) is 2. The fraction of sp³-hybridized carbons (Fsp3) is 0.143. The molecule has 1 aromatic heterocycles. The van der Waals surface area contributed by atoms with E-state index in [1.165, 1.54) is 12.4 Å². The van der Waals surface area contributed by atoms with E-state index in [9.17, 15) is 4.79 Å². The van der Waals surface area contributed by atoms with Gasteiger partial charge >= 0.3 is 5.97 Å². The number of carbonyl (C=O) groups is 1. The minimum absolute atomic E-state index is 0.152. The first-order valence-electron chi connectivity index (χ1n) is 5.72. The highest BCUT2D eigenvalue weighted by molar-refractivity contribution is 6.33. The van der Waals surface area contributed by atoms with Crippen LogP contribution in [0, 0.1) is 0 Å². The summed E-state index contributed by atoms with van der Waals surface area (Å²) in [5, 5.41) is 0.323. The second kappa shape index (κ2) is 6.75. The molecular weight excluding hydrogens is 266 g/mol. The van der Waals surface area contributed by atoms with Gasteiger partial charge in [0.2, 0.25) is 0 Å². The van der Waals surface area contributed by atoms with Crippen LogP contribution in [0.1, 0.15) is 10.4 Å². The highest BCUT2D eigenvalue weighted by Gasteiger charge is 2.11. The van der Waals surface area contributed by atoms with E-state index in [4.69, 9.17) is 21.1 Å². The Bertz CT molecular complexity index is 545. The second-order valence-corrected chi connectivity index (χ2v) is 4.06. The molecule has 5 heteroatoms. The lowest BCUT2D eigenvalue weighted by Gasteiger charge is -2.07. The molecule has 0 aliphatic heterocycles. The minimum Gasteiger partial charge on any atom is -0.490 e. The van der Waals surface area contributed by atoms with E-state index in [1.807, 2.05) is 30.3 Å². The van der Waals surface area contributed by atoms with Crippen LogP contribution in [0.25, 0.3) is 0 Å². The topological polar surface area (TPSA) is 48.4 Å². The lowest BCUT2D eigenvalue weighted by Crippen LogP contribution is -2.12. The number of hydrogen-bond acceptors (Lipinski definition) is 4. The predicted octanol–water partition coefficient (Wildman–Crippen LogP) is 2.97. The lowest BCUT2D eigenvalue weighted by molar-refractivity contribution is 0.0450. The third kappa shape index (κ3) is 3.96. The Labute approximate surface area is 115 Å². The zero-order valence-electron chi connectivity index (χ0n) is 10.1. The molecule has 1 heterocycles. The third-order valence-electron chi connectivity index (χ3n) is 2.32. The van der Waals surface area contributed by atoms with Gasteiger partial charge in [0.15, 0.2) is 0 Å². The van der Waals surface area contributed by atoms with Gasteiger partial charge in [-0.05, 0) is 18.2 Å². The maximum Gasteiger partial charge on any atom is 0.341 e. The van der Waals surface area contributed by atoms with Crippen LogP contribution in [0.4, 0.5) is 0 Å². The monoisotopic (exact) mass is 277 g/mol. The van der Waals surface area contributed by atoms with Gasteiger partial charge < -0.3 is 9.47 Å². The van der Waals surface area contributed by atoms with Crippen molar-refractivity contribution in [2.75, 3.05) is 13.2 Å². The van der Waals surface area contributed by atoms with Gasteiger partial charge in [-0.3, -0.25) is 4.98 Å². The number of pyridine rings is 1. The van der Waals surface area contributed by atoms with E-state index in [-0.39, 0.29) is 18.8 Å². The largest absolute Gasteiger partial charge is 0.490 e. The summed E-state index contributed by atoms with van der Waals surface area (Å²) in [4.78, 5) is 15.5. The Morgan fingerprint density at radius 1 is 1.16 bits per heavy atom. The van der Waals surface area contributed by atoms with Crippen LogP contribution < -0.4 is 4.74 Å². The van der Waals surface area contributed by atoms with Crippen molar-refractivity contribution in [3.8, 4) is 5.75 Å². The Hall–Kier alpha value is -2.07. The fourth-order valence-electron chi connectivity index (χ4n) is 1.42. The van der Waals surface area contributed by atoms with Crippen molar-refractivity contribution in [2.45, 2.75) is 0 Å². The summed E-state index contributed by atoms with van der Waals surface area (Å²) >= 11 is 5.86. The number of halogens is 1. The molecule has 0 saturated heterocycles. The maximum absolute atomic E-state index is 11.7. The molecular formula is C14H12ClNO3. The van der Waals surface area contributed by atoms with Crippen molar-refractivity contribution < 1.29 is 14.3 Å². The number of esters is 1. The van der Waals surface area contributed by atoms with E-state index in [2.05, 4.69) is 4.98 Å². The maximum atomic E-state index is 11.7. The summed E-state index contributed by atoms with van der Waals surface area (Å²) in [6, 6.07) is 10.9. The van der Waals surface area contributed by atoms with Crippen molar-refractivity contribution in [3.63, 3.8) is 0 Å². The van der Waals surface area contributed by atoms with Crippen LogP contribution in [0.3, 0.4) is 0 Å². The van der Waals surface area contributed by atoms with Crippen molar-refractivity contribution in [1.82, 2.24) is 4.98 Å². The molecule has 0 spiro atoms. The normalized spacial score (nSPS) is 9.95. The SMILES string of the molecule is O=C(OCCOc1ccccc1)c1cnccc1Cl. The molecule has 0 amide bonds. The van der Waals surface area contributed by atoms with Gasteiger partial charge in [0.05, 0.1) is 10.6 Å². The summed E-state index contributed by atoms with van der Waals surface area (Å²) in [5.41, 5.74) is 0.254. The number of nitrogens with zero attached hydrogens (tertiary/aromatic N) is 1. The number of aromatic nitrogens is 1. The van der Waals surface area contributed by atoms with E-state index in [1.54, 1.807) is 6.07 Å². The van der Waals surface area contributed by atoms with Crippen molar-refractivity contribution in [1.29, 1.82) is 0 Å². The first-order chi connectivity index (χ1) is 9.27.